The molecule has 30 heavy (non-hydrogen) atoms. The standard InChI is InChI=1S/C22H30N4O2S.HI/c1-16-12-17(2)14-19(13-16)10-11-24-22(23-3)25-15-18-4-8-21(9-5-18)29(27,28)26-20-6-7-20;/h4-5,8-9,12-14,20,26H,6-7,10-11,15H2,1-3H3,(H2,23,24,25);1H. The average Bonchev–Trinajstić information content (AvgIpc) is 3.47. The molecule has 0 saturated heterocycles. The van der Waals surface area contributed by atoms with Crippen LogP contribution in [0.3, 0.4) is 0 Å². The Kier molecular flexibility index (Phi) is 9.11. The van der Waals surface area contributed by atoms with Crippen LogP contribution in [0, 0.1) is 13.8 Å². The lowest BCUT2D eigenvalue weighted by Gasteiger charge is -2.13. The molecule has 164 valence electrons. The average molecular weight is 542 g/mol. The molecule has 8 heteroatoms. The second kappa shape index (κ2) is 11.1. The van der Waals surface area contributed by atoms with Crippen molar-refractivity contribution in [1.29, 1.82) is 0 Å². The Balaban J connectivity index is 0.00000320. The van der Waals surface area contributed by atoms with E-state index in [0.717, 1.165) is 37.3 Å². The van der Waals surface area contributed by atoms with E-state index in [1.165, 1.54) is 16.7 Å². The fraction of sp³-hybridized carbons (Fsp3) is 0.409. The highest BCUT2D eigenvalue weighted by Gasteiger charge is 2.27. The predicted octanol–water partition coefficient (Wildman–Crippen LogP) is 3.27. The lowest BCUT2D eigenvalue weighted by molar-refractivity contribution is 0.581. The van der Waals surface area contributed by atoms with E-state index in [0.29, 0.717) is 11.4 Å². The van der Waals surface area contributed by atoms with Gasteiger partial charge in [-0.2, -0.15) is 0 Å². The van der Waals surface area contributed by atoms with Crippen molar-refractivity contribution in [2.24, 2.45) is 4.99 Å². The zero-order valence-corrected chi connectivity index (χ0v) is 20.9. The Morgan fingerprint density at radius 3 is 2.20 bits per heavy atom. The molecule has 2 aromatic rings. The van der Waals surface area contributed by atoms with Gasteiger partial charge in [0.15, 0.2) is 5.96 Å². The molecule has 0 aromatic heterocycles. The van der Waals surface area contributed by atoms with Gasteiger partial charge in [-0.05, 0) is 56.4 Å². The van der Waals surface area contributed by atoms with Crippen LogP contribution in [0.15, 0.2) is 52.4 Å². The molecule has 2 aromatic carbocycles. The van der Waals surface area contributed by atoms with E-state index in [-0.39, 0.29) is 30.0 Å². The number of rotatable bonds is 8. The molecular weight excluding hydrogens is 511 g/mol. The topological polar surface area (TPSA) is 82.6 Å². The van der Waals surface area contributed by atoms with Gasteiger partial charge in [0.1, 0.15) is 0 Å². The first kappa shape index (κ1) is 24.6. The van der Waals surface area contributed by atoms with Gasteiger partial charge in [-0.1, -0.05) is 41.5 Å². The Labute approximate surface area is 197 Å². The zero-order chi connectivity index (χ0) is 20.9. The van der Waals surface area contributed by atoms with Crippen molar-refractivity contribution in [1.82, 2.24) is 15.4 Å². The van der Waals surface area contributed by atoms with Crippen LogP contribution in [0.4, 0.5) is 0 Å². The summed E-state index contributed by atoms with van der Waals surface area (Å²) >= 11 is 0. The van der Waals surface area contributed by atoms with Crippen molar-refractivity contribution < 1.29 is 8.42 Å². The fourth-order valence-electron chi connectivity index (χ4n) is 3.22. The van der Waals surface area contributed by atoms with Crippen molar-refractivity contribution in [3.05, 3.63) is 64.7 Å². The molecular formula is C22H31IN4O2S. The van der Waals surface area contributed by atoms with Crippen LogP contribution in [0.5, 0.6) is 0 Å². The number of halogens is 1. The van der Waals surface area contributed by atoms with Crippen molar-refractivity contribution in [3.63, 3.8) is 0 Å². The highest BCUT2D eigenvalue weighted by atomic mass is 127. The van der Waals surface area contributed by atoms with Crippen molar-refractivity contribution >= 4 is 40.0 Å². The van der Waals surface area contributed by atoms with Gasteiger partial charge in [-0.3, -0.25) is 4.99 Å². The molecule has 0 unspecified atom stereocenters. The van der Waals surface area contributed by atoms with Crippen LogP contribution in [-0.2, 0) is 23.0 Å². The van der Waals surface area contributed by atoms with Crippen molar-refractivity contribution in [2.45, 2.75) is 50.6 Å². The SMILES string of the molecule is CN=C(NCCc1cc(C)cc(C)c1)NCc1ccc(S(=O)(=O)NC2CC2)cc1.I. The maximum atomic E-state index is 12.2. The normalized spacial score (nSPS) is 14.2. The third kappa shape index (κ3) is 7.55. The molecule has 3 rings (SSSR count). The Morgan fingerprint density at radius 2 is 1.63 bits per heavy atom. The van der Waals surface area contributed by atoms with Gasteiger partial charge in [0.2, 0.25) is 10.0 Å². The maximum absolute atomic E-state index is 12.2. The Bertz CT molecular complexity index is 951. The number of benzene rings is 2. The van der Waals surface area contributed by atoms with Gasteiger partial charge in [-0.25, -0.2) is 13.1 Å². The number of hydrogen-bond acceptors (Lipinski definition) is 3. The first-order chi connectivity index (χ1) is 13.9. The van der Waals surface area contributed by atoms with E-state index in [1.54, 1.807) is 19.2 Å². The van der Waals surface area contributed by atoms with Gasteiger partial charge < -0.3 is 10.6 Å². The Hall–Kier alpha value is -1.65. The minimum absolute atomic E-state index is 0. The zero-order valence-electron chi connectivity index (χ0n) is 17.7. The largest absolute Gasteiger partial charge is 0.356 e. The van der Waals surface area contributed by atoms with E-state index in [9.17, 15) is 8.42 Å². The number of hydrogen-bond donors (Lipinski definition) is 3. The minimum atomic E-state index is -3.40. The van der Waals surface area contributed by atoms with E-state index < -0.39 is 10.0 Å². The Morgan fingerprint density at radius 1 is 1.00 bits per heavy atom. The van der Waals surface area contributed by atoms with E-state index in [1.807, 2.05) is 12.1 Å². The van der Waals surface area contributed by atoms with Gasteiger partial charge >= 0.3 is 0 Å². The monoisotopic (exact) mass is 542 g/mol. The molecule has 1 saturated carbocycles. The number of sulfonamides is 1. The first-order valence-electron chi connectivity index (χ1n) is 9.99. The summed E-state index contributed by atoms with van der Waals surface area (Å²) < 4.78 is 27.2. The maximum Gasteiger partial charge on any atom is 0.240 e. The summed E-state index contributed by atoms with van der Waals surface area (Å²) in [6.45, 7) is 5.58. The molecule has 1 aliphatic carbocycles. The van der Waals surface area contributed by atoms with Crippen LogP contribution in [0.1, 0.15) is 35.1 Å². The first-order valence-corrected chi connectivity index (χ1v) is 11.5. The van der Waals surface area contributed by atoms with Gasteiger partial charge in [0.05, 0.1) is 4.90 Å². The summed E-state index contributed by atoms with van der Waals surface area (Å²) in [5.41, 5.74) is 4.86. The fourth-order valence-corrected chi connectivity index (χ4v) is 4.53. The molecule has 1 aliphatic rings. The summed E-state index contributed by atoms with van der Waals surface area (Å²) in [7, 11) is -1.66. The number of nitrogens with one attached hydrogen (secondary N) is 3. The van der Waals surface area contributed by atoms with Gasteiger partial charge in [0, 0.05) is 26.2 Å². The molecule has 0 spiro atoms. The molecule has 0 amide bonds. The minimum Gasteiger partial charge on any atom is -0.356 e. The molecule has 6 nitrogen and oxygen atoms in total. The van der Waals surface area contributed by atoms with Gasteiger partial charge in [0.25, 0.3) is 0 Å². The third-order valence-electron chi connectivity index (χ3n) is 4.80. The van der Waals surface area contributed by atoms with E-state index in [4.69, 9.17) is 0 Å². The lowest BCUT2D eigenvalue weighted by atomic mass is 10.1. The van der Waals surface area contributed by atoms with Crippen molar-refractivity contribution in [2.75, 3.05) is 13.6 Å². The van der Waals surface area contributed by atoms with Crippen LogP contribution in [-0.4, -0.2) is 34.0 Å². The highest BCUT2D eigenvalue weighted by Crippen LogP contribution is 2.22. The van der Waals surface area contributed by atoms with Crippen LogP contribution in [0.25, 0.3) is 0 Å². The number of nitrogens with zero attached hydrogens (tertiary/aromatic N) is 1. The lowest BCUT2D eigenvalue weighted by Crippen LogP contribution is -2.37. The second-order valence-electron chi connectivity index (χ2n) is 7.64. The van der Waals surface area contributed by atoms with Crippen LogP contribution < -0.4 is 15.4 Å². The van der Waals surface area contributed by atoms with Gasteiger partial charge in [-0.15, -0.1) is 24.0 Å². The molecule has 0 atom stereocenters. The van der Waals surface area contributed by atoms with E-state index in [2.05, 4.69) is 52.4 Å². The summed E-state index contributed by atoms with van der Waals surface area (Å²) in [4.78, 5) is 4.56. The quantitative estimate of drug-likeness (QED) is 0.272. The molecule has 0 bridgehead atoms. The number of aliphatic imine (C=N–C) groups is 1. The highest BCUT2D eigenvalue weighted by molar-refractivity contribution is 14.0. The van der Waals surface area contributed by atoms with Crippen molar-refractivity contribution in [3.8, 4) is 0 Å². The molecule has 3 N–H and O–H groups in total. The molecule has 1 fully saturated rings. The van der Waals surface area contributed by atoms with E-state index >= 15 is 0 Å². The summed E-state index contributed by atoms with van der Waals surface area (Å²) in [6.07, 6.45) is 2.78. The number of guanidine groups is 1. The van der Waals surface area contributed by atoms with Crippen LogP contribution >= 0.6 is 24.0 Å². The molecule has 0 radical (unpaired) electrons. The number of aryl methyl sites for hydroxylation is 2. The summed E-state index contributed by atoms with van der Waals surface area (Å²) in [5, 5.41) is 6.59. The smallest absolute Gasteiger partial charge is 0.240 e. The predicted molar refractivity (Wildman–Crippen MR) is 133 cm³/mol. The summed E-state index contributed by atoms with van der Waals surface area (Å²) in [6, 6.07) is 13.7. The second-order valence-corrected chi connectivity index (χ2v) is 9.35. The molecule has 0 aliphatic heterocycles. The third-order valence-corrected chi connectivity index (χ3v) is 6.34. The molecule has 0 heterocycles. The van der Waals surface area contributed by atoms with Crippen LogP contribution in [0.2, 0.25) is 0 Å². The summed E-state index contributed by atoms with van der Waals surface area (Å²) in [5.74, 6) is 0.724.